The van der Waals surface area contributed by atoms with Crippen LogP contribution < -0.4 is 5.32 Å². The molecule has 5 heteroatoms. The summed E-state index contributed by atoms with van der Waals surface area (Å²) >= 11 is 0. The van der Waals surface area contributed by atoms with Crippen molar-refractivity contribution < 1.29 is 14.0 Å². The highest BCUT2D eigenvalue weighted by Gasteiger charge is 2.46. The van der Waals surface area contributed by atoms with Crippen molar-refractivity contribution in [1.82, 2.24) is 10.2 Å². The van der Waals surface area contributed by atoms with E-state index in [1.165, 1.54) is 6.07 Å². The first-order valence-corrected chi connectivity index (χ1v) is 11.1. The first kappa shape index (κ1) is 22.5. The zero-order chi connectivity index (χ0) is 23.3. The van der Waals surface area contributed by atoms with Crippen LogP contribution in [-0.2, 0) is 11.2 Å². The summed E-state index contributed by atoms with van der Waals surface area (Å²) in [7, 11) is 0. The number of amides is 2. The van der Waals surface area contributed by atoms with Crippen LogP contribution in [-0.4, -0.2) is 36.3 Å². The average Bonchev–Trinajstić information content (AvgIpc) is 3.28. The molecule has 0 unspecified atom stereocenters. The summed E-state index contributed by atoms with van der Waals surface area (Å²) < 4.78 is 14.6. The molecule has 33 heavy (non-hydrogen) atoms. The van der Waals surface area contributed by atoms with Crippen LogP contribution in [0.25, 0.3) is 11.1 Å². The Morgan fingerprint density at radius 1 is 0.970 bits per heavy atom. The predicted octanol–water partition coefficient (Wildman–Crippen LogP) is 4.87. The van der Waals surface area contributed by atoms with E-state index in [2.05, 4.69) is 11.9 Å². The lowest BCUT2D eigenvalue weighted by Crippen LogP contribution is -2.45. The van der Waals surface area contributed by atoms with Gasteiger partial charge in [-0.15, -0.1) is 6.58 Å². The third-order valence-electron chi connectivity index (χ3n) is 6.26. The quantitative estimate of drug-likeness (QED) is 0.531. The van der Waals surface area contributed by atoms with Crippen LogP contribution >= 0.6 is 0 Å². The minimum atomic E-state index is -0.811. The first-order valence-electron chi connectivity index (χ1n) is 11.1. The van der Waals surface area contributed by atoms with Gasteiger partial charge in [0.05, 0.1) is 5.41 Å². The number of carbonyl (C=O) groups excluding carboxylic acids is 2. The normalized spacial score (nSPS) is 17.5. The summed E-state index contributed by atoms with van der Waals surface area (Å²) in [5, 5.41) is 2.94. The fraction of sp³-hybridized carbons (Fsp3) is 0.214. The van der Waals surface area contributed by atoms with Crippen LogP contribution in [0, 0.1) is 11.2 Å². The summed E-state index contributed by atoms with van der Waals surface area (Å²) in [6, 6.07) is 23.3. The molecule has 0 bridgehead atoms. The van der Waals surface area contributed by atoms with E-state index in [4.69, 9.17) is 0 Å². The Hall–Kier alpha value is -3.73. The SMILES string of the molecule is C=CCNC(=O)[C@@]1(Cc2ccccc2-c2ccccc2F)CCN(C(=O)c2ccccc2)C1. The number of hydrogen-bond donors (Lipinski definition) is 1. The first-order chi connectivity index (χ1) is 16.0. The third kappa shape index (κ3) is 4.72. The summed E-state index contributed by atoms with van der Waals surface area (Å²) in [5.41, 5.74) is 1.94. The number of nitrogens with one attached hydrogen (secondary N) is 1. The number of benzene rings is 3. The number of nitrogens with zero attached hydrogens (tertiary/aromatic N) is 1. The molecule has 0 spiro atoms. The van der Waals surface area contributed by atoms with Gasteiger partial charge in [-0.3, -0.25) is 9.59 Å². The second-order valence-corrected chi connectivity index (χ2v) is 8.44. The highest BCUT2D eigenvalue weighted by atomic mass is 19.1. The van der Waals surface area contributed by atoms with E-state index in [9.17, 15) is 14.0 Å². The maximum absolute atomic E-state index is 14.6. The van der Waals surface area contributed by atoms with Crippen molar-refractivity contribution in [1.29, 1.82) is 0 Å². The third-order valence-corrected chi connectivity index (χ3v) is 6.26. The Morgan fingerprint density at radius 3 is 2.36 bits per heavy atom. The van der Waals surface area contributed by atoms with Crippen LogP contribution in [0.3, 0.4) is 0 Å². The number of carbonyl (C=O) groups is 2. The molecule has 1 N–H and O–H groups in total. The minimum Gasteiger partial charge on any atom is -0.352 e. The molecular weight excluding hydrogens is 415 g/mol. The van der Waals surface area contributed by atoms with Gasteiger partial charge in [-0.25, -0.2) is 4.39 Å². The molecule has 0 aromatic heterocycles. The van der Waals surface area contributed by atoms with Crippen molar-refractivity contribution in [2.24, 2.45) is 5.41 Å². The lowest BCUT2D eigenvalue weighted by atomic mass is 9.78. The van der Waals surface area contributed by atoms with Gasteiger partial charge >= 0.3 is 0 Å². The van der Waals surface area contributed by atoms with E-state index in [1.54, 1.807) is 41.3 Å². The molecule has 1 fully saturated rings. The smallest absolute Gasteiger partial charge is 0.253 e. The molecule has 1 saturated heterocycles. The largest absolute Gasteiger partial charge is 0.352 e. The molecule has 1 heterocycles. The van der Waals surface area contributed by atoms with E-state index >= 15 is 0 Å². The van der Waals surface area contributed by atoms with Gasteiger partial charge < -0.3 is 10.2 Å². The summed E-state index contributed by atoms with van der Waals surface area (Å²) in [4.78, 5) is 28.2. The van der Waals surface area contributed by atoms with Crippen molar-refractivity contribution in [3.63, 3.8) is 0 Å². The number of halogens is 1. The van der Waals surface area contributed by atoms with Crippen LogP contribution in [0.15, 0.2) is 91.5 Å². The molecule has 0 aliphatic carbocycles. The molecule has 3 aromatic rings. The molecule has 2 amide bonds. The van der Waals surface area contributed by atoms with Crippen molar-refractivity contribution in [3.8, 4) is 11.1 Å². The van der Waals surface area contributed by atoms with Gasteiger partial charge in [0.1, 0.15) is 5.82 Å². The highest BCUT2D eigenvalue weighted by molar-refractivity contribution is 5.95. The topological polar surface area (TPSA) is 49.4 Å². The van der Waals surface area contributed by atoms with E-state index in [1.807, 2.05) is 42.5 Å². The van der Waals surface area contributed by atoms with Crippen molar-refractivity contribution >= 4 is 11.8 Å². The van der Waals surface area contributed by atoms with Gasteiger partial charge in [-0.1, -0.05) is 66.7 Å². The summed E-state index contributed by atoms with van der Waals surface area (Å²) in [6.07, 6.45) is 2.57. The zero-order valence-corrected chi connectivity index (χ0v) is 18.5. The Kier molecular flexibility index (Phi) is 6.68. The molecule has 0 saturated carbocycles. The van der Waals surface area contributed by atoms with Gasteiger partial charge in [0.25, 0.3) is 5.91 Å². The fourth-order valence-electron chi connectivity index (χ4n) is 4.55. The predicted molar refractivity (Wildman–Crippen MR) is 128 cm³/mol. The van der Waals surface area contributed by atoms with Gasteiger partial charge in [0.15, 0.2) is 0 Å². The summed E-state index contributed by atoms with van der Waals surface area (Å²) in [5.74, 6) is -0.507. The molecule has 1 aliphatic heterocycles. The van der Waals surface area contributed by atoms with E-state index in [-0.39, 0.29) is 17.6 Å². The zero-order valence-electron chi connectivity index (χ0n) is 18.5. The van der Waals surface area contributed by atoms with Crippen LogP contribution in [0.5, 0.6) is 0 Å². The molecule has 3 aromatic carbocycles. The van der Waals surface area contributed by atoms with Crippen molar-refractivity contribution in [3.05, 3.63) is 108 Å². The molecule has 168 valence electrons. The lowest BCUT2D eigenvalue weighted by Gasteiger charge is -2.29. The Bertz CT molecular complexity index is 1160. The van der Waals surface area contributed by atoms with E-state index < -0.39 is 5.41 Å². The van der Waals surface area contributed by atoms with Gasteiger partial charge in [0.2, 0.25) is 5.91 Å². The Morgan fingerprint density at radius 2 is 1.64 bits per heavy atom. The Balaban J connectivity index is 1.67. The van der Waals surface area contributed by atoms with Crippen molar-refractivity contribution in [2.45, 2.75) is 12.8 Å². The fourth-order valence-corrected chi connectivity index (χ4v) is 4.55. The standard InChI is InChI=1S/C28H27FN2O2/c1-2-17-30-27(33)28(16-18-31(20-28)26(32)21-10-4-3-5-11-21)19-22-12-6-7-13-23(22)24-14-8-9-15-25(24)29/h2-15H,1,16-20H2,(H,30,33)/t28-/m1/s1. The maximum Gasteiger partial charge on any atom is 0.253 e. The molecule has 1 atom stereocenters. The number of hydrogen-bond acceptors (Lipinski definition) is 2. The summed E-state index contributed by atoms with van der Waals surface area (Å²) in [6.45, 7) is 4.82. The van der Waals surface area contributed by atoms with Crippen LogP contribution in [0.1, 0.15) is 22.3 Å². The van der Waals surface area contributed by atoms with E-state index in [0.29, 0.717) is 43.6 Å². The van der Waals surface area contributed by atoms with Crippen LogP contribution in [0.2, 0.25) is 0 Å². The molecule has 4 rings (SSSR count). The van der Waals surface area contributed by atoms with Gasteiger partial charge in [-0.05, 0) is 42.2 Å². The molecule has 1 aliphatic rings. The van der Waals surface area contributed by atoms with Crippen LogP contribution in [0.4, 0.5) is 4.39 Å². The van der Waals surface area contributed by atoms with Crippen molar-refractivity contribution in [2.75, 3.05) is 19.6 Å². The molecule has 0 radical (unpaired) electrons. The second kappa shape index (κ2) is 9.82. The monoisotopic (exact) mass is 442 g/mol. The average molecular weight is 443 g/mol. The Labute approximate surface area is 193 Å². The lowest BCUT2D eigenvalue weighted by molar-refractivity contribution is -0.130. The van der Waals surface area contributed by atoms with Gasteiger partial charge in [-0.2, -0.15) is 0 Å². The molecule has 4 nitrogen and oxygen atoms in total. The molecular formula is C28H27FN2O2. The van der Waals surface area contributed by atoms with Gasteiger partial charge in [0, 0.05) is 30.8 Å². The number of likely N-dealkylation sites (tertiary alicyclic amines) is 1. The number of rotatable bonds is 7. The highest BCUT2D eigenvalue weighted by Crippen LogP contribution is 2.38. The maximum atomic E-state index is 14.6. The minimum absolute atomic E-state index is 0.0867. The van der Waals surface area contributed by atoms with E-state index in [0.717, 1.165) is 11.1 Å². The second-order valence-electron chi connectivity index (χ2n) is 8.44.